The van der Waals surface area contributed by atoms with Crippen LogP contribution in [0.1, 0.15) is 28.5 Å². The molecule has 0 amide bonds. The van der Waals surface area contributed by atoms with Crippen LogP contribution < -0.4 is 4.72 Å². The third-order valence-electron chi connectivity index (χ3n) is 2.05. The van der Waals surface area contributed by atoms with Crippen molar-refractivity contribution in [3.05, 3.63) is 15.6 Å². The average molecular weight is 264 g/mol. The molecular weight excluding hydrogens is 248 g/mol. The van der Waals surface area contributed by atoms with Crippen molar-refractivity contribution in [1.82, 2.24) is 9.71 Å². The lowest BCUT2D eigenvalue weighted by Crippen LogP contribution is -2.30. The summed E-state index contributed by atoms with van der Waals surface area (Å²) >= 11 is 1.48. The van der Waals surface area contributed by atoms with E-state index in [0.717, 1.165) is 15.6 Å². The minimum absolute atomic E-state index is 0.270. The van der Waals surface area contributed by atoms with Gasteiger partial charge < -0.3 is 5.11 Å². The monoisotopic (exact) mass is 264 g/mol. The molecule has 0 saturated carbocycles. The summed E-state index contributed by atoms with van der Waals surface area (Å²) in [5.41, 5.74) is 0.849. The smallest absolute Gasteiger partial charge is 0.214 e. The van der Waals surface area contributed by atoms with Gasteiger partial charge in [0.05, 0.1) is 29.1 Å². The van der Waals surface area contributed by atoms with Gasteiger partial charge in [-0.2, -0.15) is 0 Å². The molecular formula is C9H16N2O3S2. The first-order valence-electron chi connectivity index (χ1n) is 4.90. The van der Waals surface area contributed by atoms with Gasteiger partial charge in [-0.3, -0.25) is 0 Å². The number of nitrogens with zero attached hydrogens (tertiary/aromatic N) is 1. The van der Waals surface area contributed by atoms with Crippen LogP contribution in [0.5, 0.6) is 0 Å². The maximum absolute atomic E-state index is 11.4. The molecule has 0 aliphatic rings. The number of hydrogen-bond donors (Lipinski definition) is 2. The van der Waals surface area contributed by atoms with Gasteiger partial charge in [0.15, 0.2) is 0 Å². The van der Waals surface area contributed by atoms with E-state index in [4.69, 9.17) is 5.11 Å². The fourth-order valence-electron chi connectivity index (χ4n) is 1.45. The maximum Gasteiger partial charge on any atom is 0.214 e. The zero-order chi connectivity index (χ0) is 12.3. The van der Waals surface area contributed by atoms with Crippen LogP contribution >= 0.6 is 11.3 Å². The summed E-state index contributed by atoms with van der Waals surface area (Å²) in [6.45, 7) is 5.14. The van der Waals surface area contributed by atoms with Crippen LogP contribution in [-0.2, 0) is 10.0 Å². The summed E-state index contributed by atoms with van der Waals surface area (Å²) < 4.78 is 25.4. The van der Waals surface area contributed by atoms with Gasteiger partial charge in [0.25, 0.3) is 0 Å². The Morgan fingerprint density at radius 2 is 2.12 bits per heavy atom. The Hall–Kier alpha value is -0.500. The first-order chi connectivity index (χ1) is 7.35. The van der Waals surface area contributed by atoms with E-state index in [1.165, 1.54) is 11.3 Å². The molecule has 5 nitrogen and oxygen atoms in total. The number of nitrogens with one attached hydrogen (secondary N) is 1. The fourth-order valence-corrected chi connectivity index (χ4v) is 3.47. The van der Waals surface area contributed by atoms with E-state index in [1.54, 1.807) is 6.92 Å². The van der Waals surface area contributed by atoms with Gasteiger partial charge in [-0.05, 0) is 20.8 Å². The number of hydrogen-bond acceptors (Lipinski definition) is 5. The molecule has 0 spiro atoms. The van der Waals surface area contributed by atoms with Crippen molar-refractivity contribution in [2.75, 3.05) is 12.4 Å². The fraction of sp³-hybridized carbons (Fsp3) is 0.667. The normalized spacial score (nSPS) is 14.0. The predicted molar refractivity (Wildman–Crippen MR) is 64.0 cm³/mol. The van der Waals surface area contributed by atoms with Crippen LogP contribution in [0.15, 0.2) is 0 Å². The molecule has 0 aliphatic heterocycles. The molecule has 2 N–H and O–H groups in total. The van der Waals surface area contributed by atoms with E-state index in [2.05, 4.69) is 9.71 Å². The Labute approximate surface area is 99.6 Å². The molecule has 1 aromatic heterocycles. The molecule has 0 saturated heterocycles. The predicted octanol–water partition coefficient (Wildman–Crippen LogP) is 0.733. The second-order valence-electron chi connectivity index (χ2n) is 3.56. The van der Waals surface area contributed by atoms with Crippen LogP contribution in [0.4, 0.5) is 0 Å². The molecule has 7 heteroatoms. The van der Waals surface area contributed by atoms with Crippen molar-refractivity contribution in [2.45, 2.75) is 26.8 Å². The van der Waals surface area contributed by atoms with Crippen molar-refractivity contribution in [1.29, 1.82) is 0 Å². The molecule has 1 atom stereocenters. The topological polar surface area (TPSA) is 79.3 Å². The lowest BCUT2D eigenvalue weighted by molar-refractivity contribution is 0.319. The molecule has 1 heterocycles. The number of aromatic nitrogens is 1. The molecule has 0 bridgehead atoms. The molecule has 1 rings (SSSR count). The van der Waals surface area contributed by atoms with Crippen LogP contribution in [0.3, 0.4) is 0 Å². The van der Waals surface area contributed by atoms with Gasteiger partial charge >= 0.3 is 0 Å². The Morgan fingerprint density at radius 3 is 2.56 bits per heavy atom. The molecule has 0 radical (unpaired) electrons. The second kappa shape index (κ2) is 5.22. The number of aryl methyl sites for hydroxylation is 2. The van der Waals surface area contributed by atoms with E-state index < -0.39 is 10.0 Å². The minimum atomic E-state index is -3.41. The van der Waals surface area contributed by atoms with Crippen molar-refractivity contribution in [3.63, 3.8) is 0 Å². The Morgan fingerprint density at radius 1 is 1.50 bits per heavy atom. The first kappa shape index (κ1) is 13.6. The maximum atomic E-state index is 11.4. The summed E-state index contributed by atoms with van der Waals surface area (Å²) in [4.78, 5) is 5.16. The lowest BCUT2D eigenvalue weighted by atomic mass is 10.2. The molecule has 0 aromatic carbocycles. The number of aliphatic hydroxyl groups is 1. The number of thiazole rings is 1. The standard InChI is InChI=1S/C9H16N2O3S2/c1-6-9(15-8(3)10-6)7(2)11-16(13,14)5-4-12/h7,11-12H,4-5H2,1-3H3. The van der Waals surface area contributed by atoms with Crippen LogP contribution in [0.25, 0.3) is 0 Å². The van der Waals surface area contributed by atoms with Crippen molar-refractivity contribution in [2.24, 2.45) is 0 Å². The van der Waals surface area contributed by atoms with Crippen molar-refractivity contribution < 1.29 is 13.5 Å². The van der Waals surface area contributed by atoms with Gasteiger partial charge in [-0.1, -0.05) is 0 Å². The highest BCUT2D eigenvalue weighted by molar-refractivity contribution is 7.89. The summed E-state index contributed by atoms with van der Waals surface area (Å²) in [6, 6.07) is -0.303. The minimum Gasteiger partial charge on any atom is -0.395 e. The third-order valence-corrected chi connectivity index (χ3v) is 4.74. The third kappa shape index (κ3) is 3.51. The quantitative estimate of drug-likeness (QED) is 0.822. The van der Waals surface area contributed by atoms with Crippen LogP contribution in [-0.4, -0.2) is 30.9 Å². The van der Waals surface area contributed by atoms with Gasteiger partial charge in [-0.25, -0.2) is 18.1 Å². The lowest BCUT2D eigenvalue weighted by Gasteiger charge is -2.12. The zero-order valence-electron chi connectivity index (χ0n) is 9.52. The highest BCUT2D eigenvalue weighted by Crippen LogP contribution is 2.24. The van der Waals surface area contributed by atoms with Crippen molar-refractivity contribution in [3.8, 4) is 0 Å². The molecule has 0 fully saturated rings. The molecule has 0 aliphatic carbocycles. The molecule has 16 heavy (non-hydrogen) atoms. The van der Waals surface area contributed by atoms with E-state index in [1.807, 2.05) is 13.8 Å². The van der Waals surface area contributed by atoms with Crippen LogP contribution in [0, 0.1) is 13.8 Å². The van der Waals surface area contributed by atoms with E-state index in [0.29, 0.717) is 0 Å². The van der Waals surface area contributed by atoms with Crippen molar-refractivity contribution >= 4 is 21.4 Å². The van der Waals surface area contributed by atoms with Gasteiger partial charge in [0.2, 0.25) is 10.0 Å². The Kier molecular flexibility index (Phi) is 4.43. The Balaban J connectivity index is 2.80. The number of sulfonamides is 1. The van der Waals surface area contributed by atoms with Gasteiger partial charge in [0, 0.05) is 4.88 Å². The second-order valence-corrected chi connectivity index (χ2v) is 6.67. The summed E-state index contributed by atoms with van der Waals surface area (Å²) in [6.07, 6.45) is 0. The highest BCUT2D eigenvalue weighted by Gasteiger charge is 2.18. The molecule has 1 unspecified atom stereocenters. The summed E-state index contributed by atoms with van der Waals surface area (Å²) in [5.74, 6) is -0.270. The largest absolute Gasteiger partial charge is 0.395 e. The van der Waals surface area contributed by atoms with E-state index in [-0.39, 0.29) is 18.4 Å². The number of aliphatic hydroxyl groups excluding tert-OH is 1. The zero-order valence-corrected chi connectivity index (χ0v) is 11.2. The van der Waals surface area contributed by atoms with E-state index >= 15 is 0 Å². The summed E-state index contributed by atoms with van der Waals surface area (Å²) in [5, 5.41) is 9.53. The SMILES string of the molecule is Cc1nc(C)c(C(C)NS(=O)(=O)CCO)s1. The molecule has 1 aromatic rings. The number of rotatable bonds is 5. The van der Waals surface area contributed by atoms with E-state index in [9.17, 15) is 8.42 Å². The Bertz CT molecular complexity index is 453. The van der Waals surface area contributed by atoms with Gasteiger partial charge in [-0.15, -0.1) is 11.3 Å². The molecule has 92 valence electrons. The van der Waals surface area contributed by atoms with Crippen LogP contribution in [0.2, 0.25) is 0 Å². The summed E-state index contributed by atoms with van der Waals surface area (Å²) in [7, 11) is -3.41. The highest BCUT2D eigenvalue weighted by atomic mass is 32.2. The first-order valence-corrected chi connectivity index (χ1v) is 7.37. The average Bonchev–Trinajstić information content (AvgIpc) is 2.44. The van der Waals surface area contributed by atoms with Gasteiger partial charge in [0.1, 0.15) is 0 Å².